The fourth-order valence-corrected chi connectivity index (χ4v) is 3.83. The molecule has 0 saturated carbocycles. The van der Waals surface area contributed by atoms with Crippen LogP contribution in [0.1, 0.15) is 22.3 Å². The van der Waals surface area contributed by atoms with Gasteiger partial charge in [-0.3, -0.25) is 9.78 Å². The molecule has 4 rings (SSSR count). The van der Waals surface area contributed by atoms with Gasteiger partial charge in [0.25, 0.3) is 5.91 Å². The molecule has 1 N–H and O–H groups in total. The third-order valence-corrected chi connectivity index (χ3v) is 5.59. The van der Waals surface area contributed by atoms with E-state index in [9.17, 15) is 9.59 Å². The van der Waals surface area contributed by atoms with Crippen molar-refractivity contribution in [3.8, 4) is 5.75 Å². The number of urea groups is 1. The number of anilines is 1. The molecule has 0 unspecified atom stereocenters. The largest absolute Gasteiger partial charge is 0.489 e. The normalized spacial score (nSPS) is 13.8. The average Bonchev–Trinajstić information content (AvgIpc) is 3.10. The van der Waals surface area contributed by atoms with E-state index in [-0.39, 0.29) is 11.9 Å². The molecule has 0 aliphatic carbocycles. The Bertz CT molecular complexity index is 1110. The number of carbonyl (C=O) groups is 2. The summed E-state index contributed by atoms with van der Waals surface area (Å²) in [5.41, 5.74) is 2.17. The predicted molar refractivity (Wildman–Crippen MR) is 128 cm³/mol. The Morgan fingerprint density at radius 1 is 0.970 bits per heavy atom. The number of rotatable bonds is 5. The van der Waals surface area contributed by atoms with Crippen molar-refractivity contribution in [1.82, 2.24) is 14.8 Å². The highest BCUT2D eigenvalue weighted by atomic mass is 35.5. The molecule has 2 heterocycles. The van der Waals surface area contributed by atoms with E-state index < -0.39 is 0 Å². The molecule has 1 saturated heterocycles. The molecular weight excluding hydrogens is 440 g/mol. The number of carbonyl (C=O) groups excluding carboxylic acids is 2. The first-order valence-corrected chi connectivity index (χ1v) is 11.2. The van der Waals surface area contributed by atoms with E-state index in [1.807, 2.05) is 24.3 Å². The fraction of sp³-hybridized carbons (Fsp3) is 0.240. The summed E-state index contributed by atoms with van der Waals surface area (Å²) in [4.78, 5) is 33.4. The van der Waals surface area contributed by atoms with E-state index in [0.29, 0.717) is 61.2 Å². The maximum Gasteiger partial charge on any atom is 0.321 e. The highest BCUT2D eigenvalue weighted by Crippen LogP contribution is 2.19. The Balaban J connectivity index is 1.34. The number of nitrogens with one attached hydrogen (secondary N) is 1. The molecule has 0 atom stereocenters. The summed E-state index contributed by atoms with van der Waals surface area (Å²) in [7, 11) is 0. The van der Waals surface area contributed by atoms with Gasteiger partial charge in [-0.25, -0.2) is 4.79 Å². The number of ether oxygens (including phenoxy) is 1. The Morgan fingerprint density at radius 3 is 2.61 bits per heavy atom. The van der Waals surface area contributed by atoms with Gasteiger partial charge >= 0.3 is 6.03 Å². The number of aromatic nitrogens is 1. The van der Waals surface area contributed by atoms with Crippen LogP contribution in [0.3, 0.4) is 0 Å². The van der Waals surface area contributed by atoms with E-state index in [4.69, 9.17) is 16.3 Å². The minimum absolute atomic E-state index is 0.0704. The lowest BCUT2D eigenvalue weighted by molar-refractivity contribution is 0.0762. The number of amides is 3. The number of pyridine rings is 1. The van der Waals surface area contributed by atoms with Crippen molar-refractivity contribution in [3.63, 3.8) is 0 Å². The minimum atomic E-state index is -0.197. The lowest BCUT2D eigenvalue weighted by Crippen LogP contribution is -2.39. The minimum Gasteiger partial charge on any atom is -0.489 e. The number of hydrogen-bond donors (Lipinski definition) is 1. The Kier molecular flexibility index (Phi) is 7.42. The standard InChI is InChI=1S/C25H25ClN4O3/c26-21-7-2-8-22(16-21)28-25(32)30-12-4-11-29(13-14-30)24(31)20-6-1-9-23(15-20)33-18-19-5-3-10-27-17-19/h1-3,5-10,15-17H,4,11-14,18H2,(H,28,32). The van der Waals surface area contributed by atoms with Gasteiger partial charge in [0.2, 0.25) is 0 Å². The molecule has 33 heavy (non-hydrogen) atoms. The zero-order chi connectivity index (χ0) is 23.0. The van der Waals surface area contributed by atoms with Crippen molar-refractivity contribution in [2.75, 3.05) is 31.5 Å². The fourth-order valence-electron chi connectivity index (χ4n) is 3.64. The summed E-state index contributed by atoms with van der Waals surface area (Å²) in [5, 5.41) is 3.43. The second-order valence-electron chi connectivity index (χ2n) is 7.75. The molecule has 0 radical (unpaired) electrons. The molecule has 7 nitrogen and oxygen atoms in total. The van der Waals surface area contributed by atoms with Crippen molar-refractivity contribution in [2.45, 2.75) is 13.0 Å². The smallest absolute Gasteiger partial charge is 0.321 e. The van der Waals surface area contributed by atoms with Crippen LogP contribution >= 0.6 is 11.6 Å². The molecule has 3 amide bonds. The van der Waals surface area contributed by atoms with E-state index >= 15 is 0 Å². The van der Waals surface area contributed by atoms with Gasteiger partial charge in [-0.1, -0.05) is 29.8 Å². The first kappa shape index (κ1) is 22.6. The Morgan fingerprint density at radius 2 is 1.79 bits per heavy atom. The quantitative estimate of drug-likeness (QED) is 0.594. The SMILES string of the molecule is O=C(Nc1cccc(Cl)c1)N1CCCN(C(=O)c2cccc(OCc3cccnc3)c2)CC1. The number of hydrogen-bond acceptors (Lipinski definition) is 4. The van der Waals surface area contributed by atoms with Gasteiger partial charge in [0.1, 0.15) is 12.4 Å². The molecule has 0 spiro atoms. The third-order valence-electron chi connectivity index (χ3n) is 5.36. The summed E-state index contributed by atoms with van der Waals surface area (Å²) in [5.74, 6) is 0.556. The Hall–Kier alpha value is -3.58. The van der Waals surface area contributed by atoms with Gasteiger partial charge in [0, 0.05) is 60.4 Å². The summed E-state index contributed by atoms with van der Waals surface area (Å²) in [6.45, 7) is 2.45. The second-order valence-corrected chi connectivity index (χ2v) is 8.19. The van der Waals surface area contributed by atoms with Crippen LogP contribution in [0.2, 0.25) is 5.02 Å². The van der Waals surface area contributed by atoms with Crippen molar-refractivity contribution in [3.05, 3.63) is 89.2 Å². The van der Waals surface area contributed by atoms with Crippen molar-refractivity contribution in [1.29, 1.82) is 0 Å². The highest BCUT2D eigenvalue weighted by molar-refractivity contribution is 6.30. The molecule has 0 bridgehead atoms. The van der Waals surface area contributed by atoms with Crippen LogP contribution in [-0.4, -0.2) is 52.9 Å². The highest BCUT2D eigenvalue weighted by Gasteiger charge is 2.23. The third kappa shape index (κ3) is 6.23. The van der Waals surface area contributed by atoms with Gasteiger partial charge in [-0.2, -0.15) is 0 Å². The number of halogens is 1. The number of benzene rings is 2. The van der Waals surface area contributed by atoms with E-state index in [1.54, 1.807) is 58.6 Å². The maximum atomic E-state index is 13.1. The summed E-state index contributed by atoms with van der Waals surface area (Å²) in [6.07, 6.45) is 4.17. The first-order chi connectivity index (χ1) is 16.1. The molecule has 170 valence electrons. The molecule has 1 fully saturated rings. The van der Waals surface area contributed by atoms with Gasteiger partial charge in [-0.15, -0.1) is 0 Å². The first-order valence-electron chi connectivity index (χ1n) is 10.8. The van der Waals surface area contributed by atoms with Crippen LogP contribution < -0.4 is 10.1 Å². The summed E-state index contributed by atoms with van der Waals surface area (Å²) < 4.78 is 5.83. The molecule has 1 aliphatic rings. The van der Waals surface area contributed by atoms with Crippen molar-refractivity contribution >= 4 is 29.2 Å². The van der Waals surface area contributed by atoms with Crippen LogP contribution in [0.15, 0.2) is 73.1 Å². The van der Waals surface area contributed by atoms with E-state index in [2.05, 4.69) is 10.3 Å². The predicted octanol–water partition coefficient (Wildman–Crippen LogP) is 4.69. The molecule has 3 aromatic rings. The summed E-state index contributed by atoms with van der Waals surface area (Å²) >= 11 is 5.99. The topological polar surface area (TPSA) is 74.8 Å². The van der Waals surface area contributed by atoms with E-state index in [1.165, 1.54) is 0 Å². The van der Waals surface area contributed by atoms with Gasteiger partial charge in [0.15, 0.2) is 0 Å². The van der Waals surface area contributed by atoms with Crippen molar-refractivity contribution < 1.29 is 14.3 Å². The number of nitrogens with zero attached hydrogens (tertiary/aromatic N) is 3. The van der Waals surface area contributed by atoms with Crippen LogP contribution in [0.5, 0.6) is 5.75 Å². The van der Waals surface area contributed by atoms with Gasteiger partial charge in [0.05, 0.1) is 0 Å². The molecule has 8 heteroatoms. The lowest BCUT2D eigenvalue weighted by Gasteiger charge is -2.22. The van der Waals surface area contributed by atoms with Gasteiger partial charge < -0.3 is 19.9 Å². The monoisotopic (exact) mass is 464 g/mol. The summed E-state index contributed by atoms with van der Waals surface area (Å²) in [6, 6.07) is 17.8. The second kappa shape index (κ2) is 10.8. The zero-order valence-electron chi connectivity index (χ0n) is 18.1. The lowest BCUT2D eigenvalue weighted by atomic mass is 10.2. The van der Waals surface area contributed by atoms with Crippen LogP contribution in [-0.2, 0) is 6.61 Å². The molecule has 2 aromatic carbocycles. The van der Waals surface area contributed by atoms with Crippen LogP contribution in [0.25, 0.3) is 0 Å². The molecular formula is C25H25ClN4O3. The van der Waals surface area contributed by atoms with Crippen LogP contribution in [0, 0.1) is 0 Å². The maximum absolute atomic E-state index is 13.1. The van der Waals surface area contributed by atoms with Crippen molar-refractivity contribution in [2.24, 2.45) is 0 Å². The van der Waals surface area contributed by atoms with Gasteiger partial charge in [-0.05, 0) is 48.9 Å². The molecule has 1 aliphatic heterocycles. The van der Waals surface area contributed by atoms with E-state index in [0.717, 1.165) is 5.56 Å². The molecule has 1 aromatic heterocycles. The Labute approximate surface area is 197 Å². The van der Waals surface area contributed by atoms with Crippen LogP contribution in [0.4, 0.5) is 10.5 Å². The average molecular weight is 465 g/mol. The zero-order valence-corrected chi connectivity index (χ0v) is 18.9.